The van der Waals surface area contributed by atoms with Gasteiger partial charge in [-0.3, -0.25) is 9.52 Å². The van der Waals surface area contributed by atoms with E-state index in [9.17, 15) is 18.0 Å². The van der Waals surface area contributed by atoms with Gasteiger partial charge in [0.25, 0.3) is 15.9 Å². The lowest BCUT2D eigenvalue weighted by atomic mass is 10.1. The first-order valence-electron chi connectivity index (χ1n) is 9.02. The molecule has 2 aromatic carbocycles. The van der Waals surface area contributed by atoms with Gasteiger partial charge in [0.15, 0.2) is 0 Å². The Bertz CT molecular complexity index is 964. The molecule has 1 amide bonds. The SMILES string of the molecule is COC(=O)c1ccc(S(=O)(=O)Nc2ccccc2C(=O)NC2CCCC2)cc1. The van der Waals surface area contributed by atoms with Crippen molar-refractivity contribution in [1.29, 1.82) is 0 Å². The van der Waals surface area contributed by atoms with Crippen molar-refractivity contribution in [3.8, 4) is 0 Å². The van der Waals surface area contributed by atoms with Crippen molar-refractivity contribution in [2.24, 2.45) is 0 Å². The molecule has 1 saturated carbocycles. The third-order valence-corrected chi connectivity index (χ3v) is 6.07. The fourth-order valence-electron chi connectivity index (χ4n) is 3.20. The molecule has 28 heavy (non-hydrogen) atoms. The summed E-state index contributed by atoms with van der Waals surface area (Å²) in [5.41, 5.74) is 0.719. The smallest absolute Gasteiger partial charge is 0.337 e. The summed E-state index contributed by atoms with van der Waals surface area (Å²) in [6, 6.07) is 12.0. The quantitative estimate of drug-likeness (QED) is 0.724. The Balaban J connectivity index is 1.80. The normalized spacial score (nSPS) is 14.5. The first kappa shape index (κ1) is 19.9. The third-order valence-electron chi connectivity index (χ3n) is 4.69. The third kappa shape index (κ3) is 4.51. The monoisotopic (exact) mass is 402 g/mol. The largest absolute Gasteiger partial charge is 0.465 e. The molecule has 0 spiro atoms. The lowest BCUT2D eigenvalue weighted by Gasteiger charge is -2.15. The molecule has 1 aliphatic rings. The van der Waals surface area contributed by atoms with Crippen LogP contribution in [0, 0.1) is 0 Å². The standard InChI is InChI=1S/C20H22N2O5S/c1-27-20(24)14-10-12-16(13-11-14)28(25,26)22-18-9-5-4-8-17(18)19(23)21-15-6-2-3-7-15/h4-5,8-13,15,22H,2-3,6-7H2,1H3,(H,21,23). The van der Waals surface area contributed by atoms with Gasteiger partial charge in [-0.05, 0) is 49.2 Å². The number of hydrogen-bond acceptors (Lipinski definition) is 5. The molecule has 8 heteroatoms. The first-order chi connectivity index (χ1) is 13.4. The predicted octanol–water partition coefficient (Wildman–Crippen LogP) is 2.95. The van der Waals surface area contributed by atoms with Crippen LogP contribution in [0.1, 0.15) is 46.4 Å². The molecule has 0 radical (unpaired) electrons. The fourth-order valence-corrected chi connectivity index (χ4v) is 4.27. The molecule has 0 aromatic heterocycles. The second-order valence-corrected chi connectivity index (χ2v) is 8.30. The lowest BCUT2D eigenvalue weighted by molar-refractivity contribution is 0.0600. The minimum absolute atomic E-state index is 0.0221. The van der Waals surface area contributed by atoms with Gasteiger partial charge in [-0.1, -0.05) is 25.0 Å². The number of rotatable bonds is 6. The zero-order valence-electron chi connectivity index (χ0n) is 15.5. The number of carbonyl (C=O) groups excluding carboxylic acids is 2. The molecule has 0 heterocycles. The van der Waals surface area contributed by atoms with Gasteiger partial charge in [0, 0.05) is 6.04 Å². The molecule has 0 aliphatic heterocycles. The average Bonchev–Trinajstić information content (AvgIpc) is 3.20. The molecule has 3 rings (SSSR count). The van der Waals surface area contributed by atoms with E-state index in [2.05, 4.69) is 14.8 Å². The summed E-state index contributed by atoms with van der Waals surface area (Å²) >= 11 is 0. The predicted molar refractivity (Wildman–Crippen MR) is 105 cm³/mol. The maximum absolute atomic E-state index is 12.7. The highest BCUT2D eigenvalue weighted by molar-refractivity contribution is 7.92. The van der Waals surface area contributed by atoms with E-state index in [1.54, 1.807) is 24.3 Å². The van der Waals surface area contributed by atoms with Crippen LogP contribution in [-0.2, 0) is 14.8 Å². The molecule has 0 bridgehead atoms. The summed E-state index contributed by atoms with van der Waals surface area (Å²) in [6.45, 7) is 0. The Morgan fingerprint density at radius 2 is 1.64 bits per heavy atom. The molecule has 148 valence electrons. The Kier molecular flexibility index (Phi) is 5.99. The summed E-state index contributed by atoms with van der Waals surface area (Å²) in [5.74, 6) is -0.850. The average molecular weight is 402 g/mol. The van der Waals surface area contributed by atoms with Crippen molar-refractivity contribution in [1.82, 2.24) is 5.32 Å². The summed E-state index contributed by atoms with van der Waals surface area (Å²) in [5, 5.41) is 2.96. The van der Waals surface area contributed by atoms with E-state index >= 15 is 0 Å². The van der Waals surface area contributed by atoms with E-state index in [4.69, 9.17) is 0 Å². The summed E-state index contributed by atoms with van der Waals surface area (Å²) < 4.78 is 32.5. The van der Waals surface area contributed by atoms with Gasteiger partial charge in [0.05, 0.1) is 28.8 Å². The molecular formula is C20H22N2O5S. The Hall–Kier alpha value is -2.87. The second-order valence-electron chi connectivity index (χ2n) is 6.62. The number of carbonyl (C=O) groups is 2. The molecule has 2 aromatic rings. The summed E-state index contributed by atoms with van der Waals surface area (Å²) in [7, 11) is -2.68. The van der Waals surface area contributed by atoms with E-state index in [-0.39, 0.29) is 33.7 Å². The molecule has 1 fully saturated rings. The molecular weight excluding hydrogens is 380 g/mol. The molecule has 0 atom stereocenters. The van der Waals surface area contributed by atoms with E-state index in [1.807, 2.05) is 0 Å². The number of amides is 1. The van der Waals surface area contributed by atoms with Crippen LogP contribution in [0.15, 0.2) is 53.4 Å². The van der Waals surface area contributed by atoms with Crippen LogP contribution in [0.5, 0.6) is 0 Å². The molecule has 0 saturated heterocycles. The number of hydrogen-bond donors (Lipinski definition) is 2. The molecule has 7 nitrogen and oxygen atoms in total. The number of para-hydroxylation sites is 1. The van der Waals surface area contributed by atoms with Crippen LogP contribution in [0.2, 0.25) is 0 Å². The number of benzene rings is 2. The molecule has 0 unspecified atom stereocenters. The number of esters is 1. The van der Waals surface area contributed by atoms with Crippen molar-refractivity contribution in [2.45, 2.75) is 36.6 Å². The number of methoxy groups -OCH3 is 1. The zero-order valence-corrected chi connectivity index (χ0v) is 16.3. The van der Waals surface area contributed by atoms with Crippen LogP contribution in [0.25, 0.3) is 0 Å². The van der Waals surface area contributed by atoms with Crippen LogP contribution >= 0.6 is 0 Å². The van der Waals surface area contributed by atoms with Crippen molar-refractivity contribution in [2.75, 3.05) is 11.8 Å². The number of nitrogens with one attached hydrogen (secondary N) is 2. The van der Waals surface area contributed by atoms with Gasteiger partial charge in [-0.25, -0.2) is 13.2 Å². The van der Waals surface area contributed by atoms with Gasteiger partial charge in [-0.15, -0.1) is 0 Å². The lowest BCUT2D eigenvalue weighted by Crippen LogP contribution is -2.33. The van der Waals surface area contributed by atoms with E-state index < -0.39 is 16.0 Å². The fraction of sp³-hybridized carbons (Fsp3) is 0.300. The minimum atomic E-state index is -3.93. The van der Waals surface area contributed by atoms with Crippen LogP contribution in [-0.4, -0.2) is 33.4 Å². The van der Waals surface area contributed by atoms with Crippen LogP contribution in [0.3, 0.4) is 0 Å². The van der Waals surface area contributed by atoms with Gasteiger partial charge >= 0.3 is 5.97 Å². The minimum Gasteiger partial charge on any atom is -0.465 e. The second kappa shape index (κ2) is 8.43. The zero-order chi connectivity index (χ0) is 20.1. The van der Waals surface area contributed by atoms with Gasteiger partial charge in [-0.2, -0.15) is 0 Å². The Morgan fingerprint density at radius 1 is 1.00 bits per heavy atom. The van der Waals surface area contributed by atoms with Crippen molar-refractivity contribution >= 4 is 27.6 Å². The number of anilines is 1. The highest BCUT2D eigenvalue weighted by Gasteiger charge is 2.22. The first-order valence-corrected chi connectivity index (χ1v) is 10.5. The van der Waals surface area contributed by atoms with Crippen molar-refractivity contribution in [3.05, 3.63) is 59.7 Å². The van der Waals surface area contributed by atoms with Gasteiger partial charge < -0.3 is 10.1 Å². The molecule has 1 aliphatic carbocycles. The van der Waals surface area contributed by atoms with Gasteiger partial charge in [0.1, 0.15) is 0 Å². The van der Waals surface area contributed by atoms with Crippen molar-refractivity contribution in [3.63, 3.8) is 0 Å². The van der Waals surface area contributed by atoms with Crippen LogP contribution < -0.4 is 10.0 Å². The van der Waals surface area contributed by atoms with Crippen molar-refractivity contribution < 1.29 is 22.7 Å². The number of sulfonamides is 1. The number of ether oxygens (including phenoxy) is 1. The summed E-state index contributed by atoms with van der Waals surface area (Å²) in [4.78, 5) is 24.1. The maximum atomic E-state index is 12.7. The van der Waals surface area contributed by atoms with Crippen LogP contribution in [0.4, 0.5) is 5.69 Å². The van der Waals surface area contributed by atoms with Gasteiger partial charge in [0.2, 0.25) is 0 Å². The highest BCUT2D eigenvalue weighted by Crippen LogP contribution is 2.23. The van der Waals surface area contributed by atoms with E-state index in [1.165, 1.54) is 31.4 Å². The Morgan fingerprint density at radius 3 is 2.29 bits per heavy atom. The molecule has 2 N–H and O–H groups in total. The van der Waals surface area contributed by atoms with E-state index in [0.29, 0.717) is 0 Å². The summed E-state index contributed by atoms with van der Waals surface area (Å²) in [6.07, 6.45) is 4.04. The topological polar surface area (TPSA) is 102 Å². The van der Waals surface area contributed by atoms with E-state index in [0.717, 1.165) is 25.7 Å². The highest BCUT2D eigenvalue weighted by atomic mass is 32.2. The Labute approximate surface area is 164 Å². The maximum Gasteiger partial charge on any atom is 0.337 e.